The molecule has 1 aromatic heterocycles. The van der Waals surface area contributed by atoms with Crippen molar-refractivity contribution in [3.05, 3.63) is 145 Å². The van der Waals surface area contributed by atoms with Gasteiger partial charge < -0.3 is 9.47 Å². The van der Waals surface area contributed by atoms with E-state index in [0.717, 1.165) is 17.8 Å². The number of hydrogen-bond acceptors (Lipinski definition) is 1. The van der Waals surface area contributed by atoms with Crippen LogP contribution in [0.25, 0.3) is 39.0 Å². The summed E-state index contributed by atoms with van der Waals surface area (Å²) in [6.45, 7) is 4.35. The van der Waals surface area contributed by atoms with E-state index in [2.05, 4.69) is 170 Å². The van der Waals surface area contributed by atoms with E-state index in [0.29, 0.717) is 0 Å². The predicted molar refractivity (Wildman–Crippen MR) is 174 cm³/mol. The molecular weight excluding hydrogens is 484 g/mol. The summed E-state index contributed by atoms with van der Waals surface area (Å²) in [7, 11) is 2.19. The molecule has 0 aliphatic heterocycles. The minimum atomic E-state index is 1.03. The Balaban J connectivity index is 1.69. The van der Waals surface area contributed by atoms with Crippen molar-refractivity contribution in [2.45, 2.75) is 20.3 Å². The maximum atomic E-state index is 2.38. The van der Waals surface area contributed by atoms with Gasteiger partial charge in [0.2, 0.25) is 0 Å². The molecular formula is C38H34N2. The molecule has 6 aromatic rings. The summed E-state index contributed by atoms with van der Waals surface area (Å²) in [5.41, 5.74) is 10.8. The Morgan fingerprint density at radius 2 is 1.35 bits per heavy atom. The molecule has 196 valence electrons. The molecule has 0 N–H and O–H groups in total. The van der Waals surface area contributed by atoms with Gasteiger partial charge in [0, 0.05) is 34.7 Å². The zero-order chi connectivity index (χ0) is 27.5. The van der Waals surface area contributed by atoms with Crippen molar-refractivity contribution in [1.82, 2.24) is 4.57 Å². The molecule has 2 nitrogen and oxygen atoms in total. The smallest absolute Gasteiger partial charge is 0.0583 e. The van der Waals surface area contributed by atoms with Gasteiger partial charge in [-0.15, -0.1) is 0 Å². The second kappa shape index (κ2) is 11.1. The Morgan fingerprint density at radius 3 is 1.98 bits per heavy atom. The molecule has 40 heavy (non-hydrogen) atoms. The molecule has 1 heterocycles. The van der Waals surface area contributed by atoms with Crippen LogP contribution in [0.3, 0.4) is 0 Å². The molecule has 0 bridgehead atoms. The number of aryl methyl sites for hydroxylation is 1. The van der Waals surface area contributed by atoms with Gasteiger partial charge >= 0.3 is 0 Å². The Morgan fingerprint density at radius 1 is 0.725 bits per heavy atom. The highest BCUT2D eigenvalue weighted by atomic mass is 15.1. The molecule has 0 aliphatic rings. The first-order valence-corrected chi connectivity index (χ1v) is 14.0. The van der Waals surface area contributed by atoms with Gasteiger partial charge in [-0.25, -0.2) is 0 Å². The largest absolute Gasteiger partial charge is 0.343 e. The van der Waals surface area contributed by atoms with Crippen molar-refractivity contribution in [1.29, 1.82) is 0 Å². The average molecular weight is 519 g/mol. The van der Waals surface area contributed by atoms with Crippen molar-refractivity contribution >= 4 is 44.9 Å². The monoisotopic (exact) mass is 518 g/mol. The van der Waals surface area contributed by atoms with E-state index in [4.69, 9.17) is 0 Å². The van der Waals surface area contributed by atoms with Crippen molar-refractivity contribution in [3.8, 4) is 11.1 Å². The Kier molecular flexibility index (Phi) is 7.08. The molecule has 0 spiro atoms. The summed E-state index contributed by atoms with van der Waals surface area (Å²) in [5.74, 6) is 0. The van der Waals surface area contributed by atoms with Gasteiger partial charge in [0.25, 0.3) is 0 Å². The van der Waals surface area contributed by atoms with Crippen LogP contribution in [0.5, 0.6) is 0 Å². The summed E-state index contributed by atoms with van der Waals surface area (Å²) < 4.78 is 2.36. The van der Waals surface area contributed by atoms with Crippen LogP contribution in [0.4, 0.5) is 17.1 Å². The highest BCUT2D eigenvalue weighted by Crippen LogP contribution is 2.44. The highest BCUT2D eigenvalue weighted by molar-refractivity contribution is 6.18. The van der Waals surface area contributed by atoms with Crippen LogP contribution in [0, 0.1) is 0 Å². The topological polar surface area (TPSA) is 8.17 Å². The van der Waals surface area contributed by atoms with Gasteiger partial charge in [-0.1, -0.05) is 110 Å². The Hall–Kier alpha value is -4.82. The number of fused-ring (bicyclic) bond motifs is 3. The number of aromatic nitrogens is 1. The summed E-state index contributed by atoms with van der Waals surface area (Å²) in [5, 5.41) is 2.50. The molecule has 0 radical (unpaired) electrons. The summed E-state index contributed by atoms with van der Waals surface area (Å²) in [4.78, 5) is 2.38. The van der Waals surface area contributed by atoms with E-state index in [-0.39, 0.29) is 0 Å². The first-order valence-electron chi connectivity index (χ1n) is 14.0. The first kappa shape index (κ1) is 25.5. The van der Waals surface area contributed by atoms with Crippen molar-refractivity contribution in [2.75, 3.05) is 4.90 Å². The second-order valence-electron chi connectivity index (χ2n) is 10.3. The summed E-state index contributed by atoms with van der Waals surface area (Å²) >= 11 is 0. The fourth-order valence-corrected chi connectivity index (χ4v) is 5.70. The fourth-order valence-electron chi connectivity index (χ4n) is 5.70. The molecule has 0 amide bonds. The molecule has 2 heteroatoms. The molecule has 0 fully saturated rings. The quantitative estimate of drug-likeness (QED) is 0.191. The molecule has 0 aliphatic carbocycles. The van der Waals surface area contributed by atoms with E-state index in [9.17, 15) is 0 Å². The third-order valence-electron chi connectivity index (χ3n) is 7.58. The SMILES string of the molecule is CC/C=C(C)/C=C/c1ccc(N(c2ccccc2)c2ccccc2)c2c3cc(-c4ccccc4)ccc3n(C)c12. The van der Waals surface area contributed by atoms with E-state index in [1.807, 2.05) is 0 Å². The number of anilines is 3. The predicted octanol–water partition coefficient (Wildman–Crippen LogP) is 10.8. The van der Waals surface area contributed by atoms with Crippen LogP contribution >= 0.6 is 0 Å². The molecule has 5 aromatic carbocycles. The lowest BCUT2D eigenvalue weighted by Crippen LogP contribution is -2.10. The lowest BCUT2D eigenvalue weighted by molar-refractivity contribution is 1.01. The van der Waals surface area contributed by atoms with E-state index < -0.39 is 0 Å². The lowest BCUT2D eigenvalue weighted by Gasteiger charge is -2.26. The molecule has 0 atom stereocenters. The zero-order valence-electron chi connectivity index (χ0n) is 23.4. The summed E-state index contributed by atoms with van der Waals surface area (Å²) in [6, 6.07) is 43.4. The third-order valence-corrected chi connectivity index (χ3v) is 7.58. The maximum absolute atomic E-state index is 2.38. The molecule has 6 rings (SSSR count). The lowest BCUT2D eigenvalue weighted by atomic mass is 10.00. The van der Waals surface area contributed by atoms with Crippen LogP contribution in [0.15, 0.2) is 139 Å². The number of hydrogen-bond donors (Lipinski definition) is 0. The number of para-hydroxylation sites is 2. The highest BCUT2D eigenvalue weighted by Gasteiger charge is 2.21. The Bertz CT molecular complexity index is 1790. The van der Waals surface area contributed by atoms with Crippen molar-refractivity contribution in [2.24, 2.45) is 7.05 Å². The number of benzene rings is 5. The second-order valence-corrected chi connectivity index (χ2v) is 10.3. The van der Waals surface area contributed by atoms with Crippen molar-refractivity contribution < 1.29 is 0 Å². The average Bonchev–Trinajstić information content (AvgIpc) is 3.30. The van der Waals surface area contributed by atoms with Crippen LogP contribution < -0.4 is 4.90 Å². The molecule has 0 unspecified atom stereocenters. The minimum Gasteiger partial charge on any atom is -0.343 e. The Labute approximate surface area is 237 Å². The normalized spacial score (nSPS) is 12.0. The van der Waals surface area contributed by atoms with Gasteiger partial charge in [-0.2, -0.15) is 0 Å². The van der Waals surface area contributed by atoms with Gasteiger partial charge in [0.05, 0.1) is 11.2 Å². The van der Waals surface area contributed by atoms with Gasteiger partial charge in [0.1, 0.15) is 0 Å². The number of nitrogens with zero attached hydrogens (tertiary/aromatic N) is 2. The van der Waals surface area contributed by atoms with Crippen LogP contribution in [0.1, 0.15) is 25.8 Å². The van der Waals surface area contributed by atoms with Crippen LogP contribution in [-0.4, -0.2) is 4.57 Å². The summed E-state index contributed by atoms with van der Waals surface area (Å²) in [6.07, 6.45) is 7.79. The van der Waals surface area contributed by atoms with E-state index in [1.165, 1.54) is 49.8 Å². The minimum absolute atomic E-state index is 1.03. The fraction of sp³-hybridized carbons (Fsp3) is 0.105. The van der Waals surface area contributed by atoms with Gasteiger partial charge in [0.15, 0.2) is 0 Å². The van der Waals surface area contributed by atoms with Crippen LogP contribution in [0.2, 0.25) is 0 Å². The standard InChI is InChI=1S/C38H34N2/c1-4-14-28(2)21-22-30-23-26-36(40(32-17-10-6-11-18-32)33-19-12-7-13-20-33)37-34-27-31(29-15-8-5-9-16-29)24-25-35(34)39(3)38(30)37/h5-27H,4H2,1-3H3/b22-21+,28-14+. The van der Waals surface area contributed by atoms with Gasteiger partial charge in [-0.3, -0.25) is 0 Å². The molecule has 0 saturated heterocycles. The zero-order valence-corrected chi connectivity index (χ0v) is 23.4. The van der Waals surface area contributed by atoms with Crippen LogP contribution in [-0.2, 0) is 7.05 Å². The first-order chi connectivity index (χ1) is 19.7. The van der Waals surface area contributed by atoms with E-state index >= 15 is 0 Å². The number of allylic oxidation sites excluding steroid dienone is 3. The van der Waals surface area contributed by atoms with Crippen molar-refractivity contribution in [3.63, 3.8) is 0 Å². The number of rotatable bonds is 7. The van der Waals surface area contributed by atoms with E-state index in [1.54, 1.807) is 0 Å². The third kappa shape index (κ3) is 4.74. The molecule has 0 saturated carbocycles. The maximum Gasteiger partial charge on any atom is 0.0583 e. The van der Waals surface area contributed by atoms with Gasteiger partial charge in [-0.05, 0) is 72.5 Å².